The fourth-order valence-corrected chi connectivity index (χ4v) is 4.05. The fraction of sp³-hybridized carbons (Fsp3) is 0.417. The number of rotatable bonds is 8. The van der Waals surface area contributed by atoms with E-state index in [4.69, 9.17) is 14.7 Å². The van der Waals surface area contributed by atoms with Crippen LogP contribution in [0, 0.1) is 5.92 Å². The molecule has 3 aromatic rings. The second kappa shape index (κ2) is 9.70. The van der Waals surface area contributed by atoms with Crippen molar-refractivity contribution in [1.29, 1.82) is 0 Å². The Kier molecular flexibility index (Phi) is 6.57. The topological polar surface area (TPSA) is 50.3 Å². The second-order valence-electron chi connectivity index (χ2n) is 7.78. The Balaban J connectivity index is 1.45. The summed E-state index contributed by atoms with van der Waals surface area (Å²) < 4.78 is 5.16. The van der Waals surface area contributed by atoms with Crippen LogP contribution in [0.4, 0.5) is 11.8 Å². The molecule has 0 bridgehead atoms. The molecular weight excluding hydrogens is 360 g/mol. The van der Waals surface area contributed by atoms with Crippen molar-refractivity contribution in [3.63, 3.8) is 0 Å². The van der Waals surface area contributed by atoms with Gasteiger partial charge in [0.1, 0.15) is 5.82 Å². The van der Waals surface area contributed by atoms with Crippen molar-refractivity contribution in [3.8, 4) is 0 Å². The van der Waals surface area contributed by atoms with Crippen molar-refractivity contribution in [2.75, 3.05) is 43.6 Å². The van der Waals surface area contributed by atoms with Gasteiger partial charge in [-0.05, 0) is 49.3 Å². The monoisotopic (exact) mass is 390 g/mol. The Morgan fingerprint density at radius 3 is 2.55 bits per heavy atom. The Bertz CT molecular complexity index is 907. The van der Waals surface area contributed by atoms with E-state index in [1.807, 2.05) is 12.1 Å². The fourth-order valence-electron chi connectivity index (χ4n) is 4.05. The molecule has 1 aliphatic rings. The number of benzene rings is 2. The molecular formula is C24H30N4O. The van der Waals surface area contributed by atoms with Crippen LogP contribution in [-0.2, 0) is 11.2 Å². The van der Waals surface area contributed by atoms with E-state index in [1.54, 1.807) is 7.11 Å². The van der Waals surface area contributed by atoms with Crippen molar-refractivity contribution in [1.82, 2.24) is 9.97 Å². The highest BCUT2D eigenvalue weighted by atomic mass is 16.5. The summed E-state index contributed by atoms with van der Waals surface area (Å²) in [5, 5.41) is 4.56. The van der Waals surface area contributed by atoms with Crippen LogP contribution in [0.1, 0.15) is 24.8 Å². The minimum absolute atomic E-state index is 0.737. The molecule has 29 heavy (non-hydrogen) atoms. The van der Waals surface area contributed by atoms with Gasteiger partial charge in [-0.25, -0.2) is 4.98 Å². The molecule has 1 aromatic heterocycles. The number of aromatic nitrogens is 2. The number of anilines is 2. The van der Waals surface area contributed by atoms with Gasteiger partial charge < -0.3 is 15.0 Å². The van der Waals surface area contributed by atoms with Gasteiger partial charge in [-0.3, -0.25) is 0 Å². The van der Waals surface area contributed by atoms with E-state index >= 15 is 0 Å². The average molecular weight is 391 g/mol. The normalized spacial score (nSPS) is 15.0. The van der Waals surface area contributed by atoms with E-state index in [1.165, 1.54) is 24.8 Å². The molecule has 1 saturated heterocycles. The molecule has 0 unspecified atom stereocenters. The standard InChI is InChI=1S/C24H30N4O/c1-29-17-7-14-25-23-21-10-5-6-11-22(21)26-24(27-23)28-15-12-20(13-16-28)18-19-8-3-2-4-9-19/h2-6,8-11,20H,7,12-18H2,1H3,(H,25,26,27). The average Bonchev–Trinajstić information content (AvgIpc) is 2.78. The van der Waals surface area contributed by atoms with Crippen molar-refractivity contribution < 1.29 is 4.74 Å². The smallest absolute Gasteiger partial charge is 0.227 e. The molecule has 5 nitrogen and oxygen atoms in total. The molecule has 0 amide bonds. The minimum atomic E-state index is 0.737. The lowest BCUT2D eigenvalue weighted by Crippen LogP contribution is -2.35. The van der Waals surface area contributed by atoms with Crippen LogP contribution in [0.25, 0.3) is 10.9 Å². The van der Waals surface area contributed by atoms with E-state index in [2.05, 4.69) is 52.7 Å². The van der Waals surface area contributed by atoms with Gasteiger partial charge in [0.15, 0.2) is 0 Å². The summed E-state index contributed by atoms with van der Waals surface area (Å²) in [6.07, 6.45) is 4.48. The molecule has 0 atom stereocenters. The zero-order valence-corrected chi connectivity index (χ0v) is 17.2. The summed E-state index contributed by atoms with van der Waals surface area (Å²) in [4.78, 5) is 12.1. The quantitative estimate of drug-likeness (QED) is 0.573. The number of ether oxygens (including phenoxy) is 1. The van der Waals surface area contributed by atoms with Crippen LogP contribution in [0.3, 0.4) is 0 Å². The maximum atomic E-state index is 5.16. The van der Waals surface area contributed by atoms with Gasteiger partial charge in [0, 0.05) is 38.7 Å². The van der Waals surface area contributed by atoms with E-state index in [-0.39, 0.29) is 0 Å². The maximum absolute atomic E-state index is 5.16. The van der Waals surface area contributed by atoms with Crippen LogP contribution < -0.4 is 10.2 Å². The number of piperidine rings is 1. The highest BCUT2D eigenvalue weighted by molar-refractivity contribution is 5.90. The highest BCUT2D eigenvalue weighted by Gasteiger charge is 2.22. The predicted molar refractivity (Wildman–Crippen MR) is 120 cm³/mol. The van der Waals surface area contributed by atoms with Crippen LogP contribution >= 0.6 is 0 Å². The largest absolute Gasteiger partial charge is 0.385 e. The maximum Gasteiger partial charge on any atom is 0.227 e. The third-order valence-electron chi connectivity index (χ3n) is 5.67. The molecule has 5 heteroatoms. The van der Waals surface area contributed by atoms with Crippen LogP contribution in [0.15, 0.2) is 54.6 Å². The van der Waals surface area contributed by atoms with Gasteiger partial charge in [0.05, 0.1) is 5.52 Å². The van der Waals surface area contributed by atoms with E-state index in [0.29, 0.717) is 0 Å². The lowest BCUT2D eigenvalue weighted by molar-refractivity contribution is 0.198. The molecule has 2 heterocycles. The summed E-state index contributed by atoms with van der Waals surface area (Å²) in [6.45, 7) is 3.61. The number of methoxy groups -OCH3 is 1. The zero-order valence-electron chi connectivity index (χ0n) is 17.2. The van der Waals surface area contributed by atoms with E-state index in [9.17, 15) is 0 Å². The highest BCUT2D eigenvalue weighted by Crippen LogP contribution is 2.27. The molecule has 1 aliphatic heterocycles. The summed E-state index contributed by atoms with van der Waals surface area (Å²) in [5.74, 6) is 2.50. The third kappa shape index (κ3) is 5.04. The third-order valence-corrected chi connectivity index (χ3v) is 5.67. The van der Waals surface area contributed by atoms with Gasteiger partial charge in [-0.2, -0.15) is 4.98 Å². The van der Waals surface area contributed by atoms with Crippen LogP contribution in [0.5, 0.6) is 0 Å². The van der Waals surface area contributed by atoms with Crippen LogP contribution in [0.2, 0.25) is 0 Å². The van der Waals surface area contributed by atoms with Gasteiger partial charge in [-0.1, -0.05) is 42.5 Å². The number of nitrogens with zero attached hydrogens (tertiary/aromatic N) is 3. The van der Waals surface area contributed by atoms with Gasteiger partial charge >= 0.3 is 0 Å². The zero-order chi connectivity index (χ0) is 19.9. The molecule has 1 fully saturated rings. The molecule has 1 N–H and O–H groups in total. The molecule has 0 radical (unpaired) electrons. The van der Waals surface area contributed by atoms with Gasteiger partial charge in [-0.15, -0.1) is 0 Å². The Hall–Kier alpha value is -2.66. The predicted octanol–water partition coefficient (Wildman–Crippen LogP) is 4.54. The first-order valence-corrected chi connectivity index (χ1v) is 10.6. The lowest BCUT2D eigenvalue weighted by atomic mass is 9.90. The molecule has 0 aliphatic carbocycles. The summed E-state index contributed by atoms with van der Waals surface area (Å²) in [6, 6.07) is 19.1. The van der Waals surface area contributed by atoms with Crippen molar-refractivity contribution in [2.45, 2.75) is 25.7 Å². The minimum Gasteiger partial charge on any atom is -0.385 e. The molecule has 0 spiro atoms. The molecule has 152 valence electrons. The van der Waals surface area contributed by atoms with Gasteiger partial charge in [0.25, 0.3) is 0 Å². The number of hydrogen-bond acceptors (Lipinski definition) is 5. The summed E-state index contributed by atoms with van der Waals surface area (Å²) in [5.41, 5.74) is 2.44. The summed E-state index contributed by atoms with van der Waals surface area (Å²) in [7, 11) is 1.74. The van der Waals surface area contributed by atoms with E-state index in [0.717, 1.165) is 61.2 Å². The Morgan fingerprint density at radius 2 is 1.76 bits per heavy atom. The lowest BCUT2D eigenvalue weighted by Gasteiger charge is -2.32. The summed E-state index contributed by atoms with van der Waals surface area (Å²) >= 11 is 0. The molecule has 2 aromatic carbocycles. The number of hydrogen-bond donors (Lipinski definition) is 1. The first-order chi connectivity index (χ1) is 14.3. The first kappa shape index (κ1) is 19.6. The van der Waals surface area contributed by atoms with E-state index < -0.39 is 0 Å². The van der Waals surface area contributed by atoms with Crippen molar-refractivity contribution in [2.24, 2.45) is 5.92 Å². The van der Waals surface area contributed by atoms with Crippen molar-refractivity contribution >= 4 is 22.7 Å². The first-order valence-electron chi connectivity index (χ1n) is 10.6. The van der Waals surface area contributed by atoms with Gasteiger partial charge in [0.2, 0.25) is 5.95 Å². The SMILES string of the molecule is COCCCNc1nc(N2CCC(Cc3ccccc3)CC2)nc2ccccc12. The Labute approximate surface area is 173 Å². The Morgan fingerprint density at radius 1 is 1.00 bits per heavy atom. The second-order valence-corrected chi connectivity index (χ2v) is 7.78. The van der Waals surface area contributed by atoms with Crippen LogP contribution in [-0.4, -0.2) is 43.3 Å². The molecule has 4 rings (SSSR count). The number of nitrogens with one attached hydrogen (secondary N) is 1. The van der Waals surface area contributed by atoms with Crippen molar-refractivity contribution in [3.05, 3.63) is 60.2 Å². The number of para-hydroxylation sites is 1. The molecule has 0 saturated carbocycles. The number of fused-ring (bicyclic) bond motifs is 1.